The Morgan fingerprint density at radius 2 is 2.04 bits per heavy atom. The van der Waals surface area contributed by atoms with E-state index in [1.165, 1.54) is 28.2 Å². The normalized spacial score (nSPS) is 14.3. The molecule has 0 unspecified atom stereocenters. The minimum Gasteiger partial charge on any atom is -0.296 e. The fourth-order valence-electron chi connectivity index (χ4n) is 3.07. The summed E-state index contributed by atoms with van der Waals surface area (Å²) in [4.78, 5) is 4.74. The molecule has 0 amide bonds. The van der Waals surface area contributed by atoms with Crippen molar-refractivity contribution in [3.63, 3.8) is 0 Å². The van der Waals surface area contributed by atoms with Gasteiger partial charge in [-0.3, -0.25) is 9.47 Å². The first kappa shape index (κ1) is 18.0. The van der Waals surface area contributed by atoms with Gasteiger partial charge in [-0.2, -0.15) is 0 Å². The third kappa shape index (κ3) is 3.81. The van der Waals surface area contributed by atoms with Gasteiger partial charge in [0.15, 0.2) is 10.6 Å². The molecule has 0 atom stereocenters. The third-order valence-corrected chi connectivity index (χ3v) is 6.53. The molecule has 4 rings (SSSR count). The Kier molecular flexibility index (Phi) is 5.31. The lowest BCUT2D eigenvalue weighted by Gasteiger charge is -2.16. The minimum absolute atomic E-state index is 0.526. The first-order valence-electron chi connectivity index (χ1n) is 8.70. The van der Waals surface area contributed by atoms with E-state index >= 15 is 0 Å². The SMILES string of the molecule is CSc1ccc(CN(C)Cn2nc(-c3cccs3)n(C3CC3)c2=S)cc1. The van der Waals surface area contributed by atoms with Gasteiger partial charge in [-0.15, -0.1) is 28.2 Å². The monoisotopic (exact) mass is 402 g/mol. The van der Waals surface area contributed by atoms with Crippen LogP contribution >= 0.6 is 35.3 Å². The van der Waals surface area contributed by atoms with E-state index < -0.39 is 0 Å². The quantitative estimate of drug-likeness (QED) is 0.396. The zero-order valence-corrected chi connectivity index (χ0v) is 17.4. The molecule has 1 saturated carbocycles. The third-order valence-electron chi connectivity index (χ3n) is 4.51. The van der Waals surface area contributed by atoms with E-state index in [2.05, 4.69) is 64.5 Å². The summed E-state index contributed by atoms with van der Waals surface area (Å²) in [5.74, 6) is 1.02. The van der Waals surface area contributed by atoms with Gasteiger partial charge in [0.2, 0.25) is 0 Å². The molecule has 2 aromatic heterocycles. The topological polar surface area (TPSA) is 26.0 Å². The number of benzene rings is 1. The van der Waals surface area contributed by atoms with E-state index in [1.54, 1.807) is 23.1 Å². The number of hydrogen-bond acceptors (Lipinski definition) is 5. The summed E-state index contributed by atoms with van der Waals surface area (Å²) in [5.41, 5.74) is 1.30. The lowest BCUT2D eigenvalue weighted by Crippen LogP contribution is -2.22. The molecule has 0 N–H and O–H groups in total. The Balaban J connectivity index is 1.54. The minimum atomic E-state index is 0.526. The standard InChI is InChI=1S/C19H22N4S3/c1-21(12-14-5-9-16(25-2)10-6-14)13-22-19(24)23(15-7-8-15)18(20-22)17-4-3-11-26-17/h3-6,9-11,15H,7-8,12-13H2,1-2H3. The molecule has 7 heteroatoms. The molecule has 26 heavy (non-hydrogen) atoms. The number of nitrogens with zero attached hydrogens (tertiary/aromatic N) is 4. The highest BCUT2D eigenvalue weighted by Crippen LogP contribution is 2.39. The Bertz CT molecular complexity index is 921. The van der Waals surface area contributed by atoms with E-state index in [0.29, 0.717) is 12.7 Å². The fraction of sp³-hybridized carbons (Fsp3) is 0.368. The van der Waals surface area contributed by atoms with Gasteiger partial charge < -0.3 is 0 Å². The van der Waals surface area contributed by atoms with Crippen LogP contribution in [0.4, 0.5) is 0 Å². The van der Waals surface area contributed by atoms with Crippen molar-refractivity contribution < 1.29 is 0 Å². The maximum atomic E-state index is 5.76. The molecule has 1 aliphatic carbocycles. The van der Waals surface area contributed by atoms with Crippen LogP contribution in [0.3, 0.4) is 0 Å². The summed E-state index contributed by atoms with van der Waals surface area (Å²) in [7, 11) is 2.12. The predicted molar refractivity (Wildman–Crippen MR) is 112 cm³/mol. The molecule has 3 aromatic rings. The van der Waals surface area contributed by atoms with Crippen LogP contribution in [-0.2, 0) is 13.2 Å². The smallest absolute Gasteiger partial charge is 0.199 e. The first-order valence-corrected chi connectivity index (χ1v) is 11.2. The number of hydrogen-bond donors (Lipinski definition) is 0. The Hall–Kier alpha value is -1.41. The molecule has 1 aliphatic rings. The van der Waals surface area contributed by atoms with E-state index in [1.807, 2.05) is 4.68 Å². The highest BCUT2D eigenvalue weighted by atomic mass is 32.2. The molecule has 1 aromatic carbocycles. The molecule has 4 nitrogen and oxygen atoms in total. The molecular formula is C19H22N4S3. The van der Waals surface area contributed by atoms with Crippen LogP contribution in [0, 0.1) is 4.77 Å². The lowest BCUT2D eigenvalue weighted by molar-refractivity contribution is 0.244. The average molecular weight is 403 g/mol. The maximum Gasteiger partial charge on any atom is 0.199 e. The van der Waals surface area contributed by atoms with Crippen molar-refractivity contribution in [2.24, 2.45) is 0 Å². The second kappa shape index (κ2) is 7.68. The summed E-state index contributed by atoms with van der Waals surface area (Å²) in [5, 5.41) is 6.96. The highest BCUT2D eigenvalue weighted by Gasteiger charge is 2.29. The predicted octanol–water partition coefficient (Wildman–Crippen LogP) is 5.29. The maximum absolute atomic E-state index is 5.76. The molecule has 0 saturated heterocycles. The van der Waals surface area contributed by atoms with Crippen molar-refractivity contribution in [3.05, 3.63) is 52.1 Å². The van der Waals surface area contributed by atoms with Crippen molar-refractivity contribution in [1.82, 2.24) is 19.2 Å². The largest absolute Gasteiger partial charge is 0.296 e. The average Bonchev–Trinajstić information content (AvgIpc) is 3.22. The van der Waals surface area contributed by atoms with Gasteiger partial charge in [0.1, 0.15) is 0 Å². The summed E-state index contributed by atoms with van der Waals surface area (Å²) >= 11 is 9.25. The van der Waals surface area contributed by atoms with Crippen LogP contribution in [0.5, 0.6) is 0 Å². The van der Waals surface area contributed by atoms with Crippen molar-refractivity contribution >= 4 is 35.3 Å². The van der Waals surface area contributed by atoms with Gasteiger partial charge in [0, 0.05) is 17.5 Å². The molecule has 1 fully saturated rings. The summed E-state index contributed by atoms with van der Waals surface area (Å²) < 4.78 is 5.06. The van der Waals surface area contributed by atoms with Gasteiger partial charge in [-0.1, -0.05) is 18.2 Å². The Morgan fingerprint density at radius 3 is 2.65 bits per heavy atom. The summed E-state index contributed by atoms with van der Waals surface area (Å²) in [6, 6.07) is 13.5. The Morgan fingerprint density at radius 1 is 1.27 bits per heavy atom. The van der Waals surface area contributed by atoms with Gasteiger partial charge in [-0.25, -0.2) is 4.68 Å². The van der Waals surface area contributed by atoms with Crippen LogP contribution in [0.25, 0.3) is 10.7 Å². The molecule has 0 spiro atoms. The van der Waals surface area contributed by atoms with Crippen molar-refractivity contribution in [1.29, 1.82) is 0 Å². The van der Waals surface area contributed by atoms with E-state index in [9.17, 15) is 0 Å². The second-order valence-corrected chi connectivity index (χ2v) is 8.88. The van der Waals surface area contributed by atoms with E-state index in [4.69, 9.17) is 17.3 Å². The fourth-order valence-corrected chi connectivity index (χ4v) is 4.52. The first-order chi connectivity index (χ1) is 12.7. The molecular weight excluding hydrogens is 380 g/mol. The van der Waals surface area contributed by atoms with Crippen molar-refractivity contribution in [3.8, 4) is 10.7 Å². The zero-order chi connectivity index (χ0) is 18.1. The van der Waals surface area contributed by atoms with Crippen LogP contribution in [0.1, 0.15) is 24.4 Å². The molecule has 0 radical (unpaired) electrons. The second-order valence-electron chi connectivity index (χ2n) is 6.69. The number of rotatable bonds is 7. The number of aromatic nitrogens is 3. The molecule has 2 heterocycles. The molecule has 0 aliphatic heterocycles. The molecule has 136 valence electrons. The van der Waals surface area contributed by atoms with Crippen LogP contribution in [0.2, 0.25) is 0 Å². The zero-order valence-electron chi connectivity index (χ0n) is 15.0. The number of thiophene rings is 1. The van der Waals surface area contributed by atoms with Gasteiger partial charge in [0.05, 0.1) is 11.5 Å². The highest BCUT2D eigenvalue weighted by molar-refractivity contribution is 7.98. The van der Waals surface area contributed by atoms with Crippen LogP contribution in [0.15, 0.2) is 46.7 Å². The number of thioether (sulfide) groups is 1. The van der Waals surface area contributed by atoms with E-state index in [-0.39, 0.29) is 0 Å². The van der Waals surface area contributed by atoms with Crippen LogP contribution < -0.4 is 0 Å². The molecule has 0 bridgehead atoms. The summed E-state index contributed by atoms with van der Waals surface area (Å²) in [6.07, 6.45) is 4.51. The van der Waals surface area contributed by atoms with E-state index in [0.717, 1.165) is 17.1 Å². The van der Waals surface area contributed by atoms with Gasteiger partial charge in [-0.05, 0) is 67.5 Å². The summed E-state index contributed by atoms with van der Waals surface area (Å²) in [6.45, 7) is 1.57. The van der Waals surface area contributed by atoms with Crippen molar-refractivity contribution in [2.75, 3.05) is 13.3 Å². The van der Waals surface area contributed by atoms with Crippen molar-refractivity contribution in [2.45, 2.75) is 37.0 Å². The lowest BCUT2D eigenvalue weighted by atomic mass is 10.2. The van der Waals surface area contributed by atoms with Gasteiger partial charge in [0.25, 0.3) is 0 Å². The van der Waals surface area contributed by atoms with Crippen LogP contribution in [-0.4, -0.2) is 32.6 Å². The van der Waals surface area contributed by atoms with Gasteiger partial charge >= 0.3 is 0 Å². The Labute approximate surface area is 167 Å².